The molecular formula is C22H18ClN5O2S. The van der Waals surface area contributed by atoms with Crippen LogP contribution in [0.2, 0.25) is 5.02 Å². The Morgan fingerprint density at radius 3 is 2.77 bits per heavy atom. The molecule has 0 spiro atoms. The third-order valence-corrected chi connectivity index (χ3v) is 6.39. The van der Waals surface area contributed by atoms with Crippen LogP contribution in [-0.4, -0.2) is 36.5 Å². The van der Waals surface area contributed by atoms with Crippen molar-refractivity contribution < 1.29 is 9.21 Å². The molecule has 156 valence electrons. The van der Waals surface area contributed by atoms with Gasteiger partial charge < -0.3 is 4.42 Å². The van der Waals surface area contributed by atoms with Crippen molar-refractivity contribution in [3.63, 3.8) is 0 Å². The summed E-state index contributed by atoms with van der Waals surface area (Å²) in [7, 11) is 0. The molecule has 0 radical (unpaired) electrons. The first-order valence-corrected chi connectivity index (χ1v) is 11.0. The predicted molar refractivity (Wildman–Crippen MR) is 119 cm³/mol. The number of thioether (sulfide) groups is 1. The number of hydrogen-bond acceptors (Lipinski definition) is 6. The van der Waals surface area contributed by atoms with Crippen LogP contribution in [-0.2, 0) is 4.79 Å². The lowest BCUT2D eigenvalue weighted by atomic mass is 10.0. The van der Waals surface area contributed by atoms with Crippen molar-refractivity contribution in [1.82, 2.24) is 19.6 Å². The van der Waals surface area contributed by atoms with Crippen LogP contribution in [0.4, 0.5) is 0 Å². The molecule has 0 fully saturated rings. The van der Waals surface area contributed by atoms with Gasteiger partial charge in [0.15, 0.2) is 10.8 Å². The third-order valence-electron chi connectivity index (χ3n) is 5.10. The molecule has 1 aliphatic rings. The van der Waals surface area contributed by atoms with Gasteiger partial charge in [-0.2, -0.15) is 5.10 Å². The summed E-state index contributed by atoms with van der Waals surface area (Å²) in [5, 5.41) is 15.5. The number of benzene rings is 1. The third kappa shape index (κ3) is 3.84. The van der Waals surface area contributed by atoms with Gasteiger partial charge in [-0.15, -0.1) is 10.2 Å². The van der Waals surface area contributed by atoms with Crippen molar-refractivity contribution in [2.45, 2.75) is 29.8 Å². The van der Waals surface area contributed by atoms with Crippen LogP contribution >= 0.6 is 23.4 Å². The summed E-state index contributed by atoms with van der Waals surface area (Å²) in [6.45, 7) is 1.85. The topological polar surface area (TPSA) is 76.0 Å². The van der Waals surface area contributed by atoms with E-state index >= 15 is 0 Å². The smallest absolute Gasteiger partial charge is 0.256 e. The molecule has 0 saturated carbocycles. The molecule has 1 amide bonds. The first-order chi connectivity index (χ1) is 15.1. The minimum Gasteiger partial charge on any atom is -0.467 e. The highest BCUT2D eigenvalue weighted by Gasteiger charge is 2.37. The molecule has 9 heteroatoms. The number of furan rings is 1. The molecule has 3 aromatic heterocycles. The van der Waals surface area contributed by atoms with E-state index in [0.29, 0.717) is 22.4 Å². The van der Waals surface area contributed by atoms with Gasteiger partial charge in [-0.1, -0.05) is 41.6 Å². The number of halogens is 1. The average Bonchev–Trinajstić information content (AvgIpc) is 3.53. The van der Waals surface area contributed by atoms with Crippen LogP contribution in [0.5, 0.6) is 0 Å². The van der Waals surface area contributed by atoms with Crippen molar-refractivity contribution in [2.75, 3.05) is 0 Å². The van der Waals surface area contributed by atoms with Crippen LogP contribution in [0.15, 0.2) is 81.7 Å². The molecule has 0 saturated heterocycles. The lowest BCUT2D eigenvalue weighted by Gasteiger charge is -2.22. The molecule has 2 atom stereocenters. The quantitative estimate of drug-likeness (QED) is 0.406. The average molecular weight is 452 g/mol. The van der Waals surface area contributed by atoms with Gasteiger partial charge in [-0.25, -0.2) is 5.01 Å². The minimum absolute atomic E-state index is 0.122. The summed E-state index contributed by atoms with van der Waals surface area (Å²) in [6, 6.07) is 16.5. The van der Waals surface area contributed by atoms with Gasteiger partial charge in [-0.05, 0) is 48.9 Å². The Morgan fingerprint density at radius 1 is 1.16 bits per heavy atom. The second kappa shape index (κ2) is 8.20. The Bertz CT molecular complexity index is 1250. The Hall–Kier alpha value is -3.10. The number of aromatic nitrogens is 3. The zero-order valence-corrected chi connectivity index (χ0v) is 18.1. The minimum atomic E-state index is -0.418. The van der Waals surface area contributed by atoms with Gasteiger partial charge in [0, 0.05) is 17.6 Å². The lowest BCUT2D eigenvalue weighted by molar-refractivity contribution is -0.132. The predicted octanol–water partition coefficient (Wildman–Crippen LogP) is 4.83. The van der Waals surface area contributed by atoms with E-state index in [9.17, 15) is 4.79 Å². The van der Waals surface area contributed by atoms with Crippen LogP contribution in [0.1, 0.15) is 30.7 Å². The van der Waals surface area contributed by atoms with Gasteiger partial charge in [0.25, 0.3) is 5.91 Å². The Kier molecular flexibility index (Phi) is 5.25. The normalized spacial score (nSPS) is 17.2. The van der Waals surface area contributed by atoms with E-state index in [1.807, 2.05) is 72.1 Å². The van der Waals surface area contributed by atoms with Gasteiger partial charge in [0.05, 0.1) is 17.2 Å². The maximum Gasteiger partial charge on any atom is 0.256 e. The first-order valence-electron chi connectivity index (χ1n) is 9.76. The largest absolute Gasteiger partial charge is 0.467 e. The van der Waals surface area contributed by atoms with Crippen LogP contribution < -0.4 is 0 Å². The monoisotopic (exact) mass is 451 g/mol. The molecule has 7 nitrogen and oxygen atoms in total. The fourth-order valence-corrected chi connectivity index (χ4v) is 4.53. The van der Waals surface area contributed by atoms with E-state index in [-0.39, 0.29) is 11.9 Å². The summed E-state index contributed by atoms with van der Waals surface area (Å²) in [5.74, 6) is 0.578. The molecule has 31 heavy (non-hydrogen) atoms. The number of nitrogens with zero attached hydrogens (tertiary/aromatic N) is 5. The molecule has 0 unspecified atom stereocenters. The van der Waals surface area contributed by atoms with Crippen LogP contribution in [0.3, 0.4) is 0 Å². The standard InChI is InChI=1S/C22H18ClN5O2S/c1-14(31-22-25-24-20-6-2-3-11-27(20)22)21(29)28-18(19-5-4-12-30-19)13-17(26-28)15-7-9-16(23)10-8-15/h2-12,14,18H,13H2,1H3/t14-,18+/m0/s1. The molecule has 0 aliphatic carbocycles. The molecule has 1 aliphatic heterocycles. The van der Waals surface area contributed by atoms with Gasteiger partial charge in [0.1, 0.15) is 11.8 Å². The number of carbonyl (C=O) groups excluding carboxylic acids is 1. The molecule has 0 bridgehead atoms. The second-order valence-corrected chi connectivity index (χ2v) is 8.89. The highest BCUT2D eigenvalue weighted by molar-refractivity contribution is 8.00. The second-order valence-electron chi connectivity index (χ2n) is 7.14. The highest BCUT2D eigenvalue weighted by Crippen LogP contribution is 2.35. The molecule has 1 aromatic carbocycles. The van der Waals surface area contributed by atoms with Crippen molar-refractivity contribution in [3.05, 3.63) is 83.4 Å². The van der Waals surface area contributed by atoms with E-state index in [1.165, 1.54) is 16.8 Å². The summed E-state index contributed by atoms with van der Waals surface area (Å²) < 4.78 is 7.49. The maximum atomic E-state index is 13.4. The van der Waals surface area contributed by atoms with Crippen molar-refractivity contribution in [3.8, 4) is 0 Å². The summed E-state index contributed by atoms with van der Waals surface area (Å²) in [5.41, 5.74) is 2.49. The van der Waals surface area contributed by atoms with Gasteiger partial charge >= 0.3 is 0 Å². The summed E-state index contributed by atoms with van der Waals surface area (Å²) >= 11 is 7.38. The first kappa shape index (κ1) is 19.8. The number of carbonyl (C=O) groups is 1. The number of pyridine rings is 1. The lowest BCUT2D eigenvalue weighted by Crippen LogP contribution is -2.33. The van der Waals surface area contributed by atoms with Gasteiger partial charge in [0.2, 0.25) is 0 Å². The van der Waals surface area contributed by atoms with Crippen molar-refractivity contribution in [1.29, 1.82) is 0 Å². The van der Waals surface area contributed by atoms with Crippen LogP contribution in [0, 0.1) is 0 Å². The highest BCUT2D eigenvalue weighted by atomic mass is 35.5. The molecular weight excluding hydrogens is 434 g/mol. The number of amides is 1. The molecule has 4 aromatic rings. The van der Waals surface area contributed by atoms with E-state index in [1.54, 1.807) is 6.26 Å². The molecule has 4 heterocycles. The fraction of sp³-hybridized carbons (Fsp3) is 0.182. The number of fused-ring (bicyclic) bond motifs is 1. The van der Waals surface area contributed by atoms with Crippen molar-refractivity contribution in [2.24, 2.45) is 5.10 Å². The molecule has 0 N–H and O–H groups in total. The van der Waals surface area contributed by atoms with E-state index in [2.05, 4.69) is 15.3 Å². The number of rotatable bonds is 5. The van der Waals surface area contributed by atoms with Crippen LogP contribution in [0.25, 0.3) is 5.65 Å². The number of hydrazone groups is 1. The maximum absolute atomic E-state index is 13.4. The Morgan fingerprint density at radius 2 is 2.00 bits per heavy atom. The van der Waals surface area contributed by atoms with Crippen molar-refractivity contribution >= 4 is 40.6 Å². The SMILES string of the molecule is C[C@H](Sc1nnc2ccccn12)C(=O)N1N=C(c2ccc(Cl)cc2)C[C@@H]1c1ccco1. The molecule has 5 rings (SSSR count). The summed E-state index contributed by atoms with van der Waals surface area (Å²) in [6.07, 6.45) is 4.05. The van der Waals surface area contributed by atoms with E-state index in [0.717, 1.165) is 16.9 Å². The zero-order chi connectivity index (χ0) is 21.4. The zero-order valence-electron chi connectivity index (χ0n) is 16.6. The summed E-state index contributed by atoms with van der Waals surface area (Å²) in [4.78, 5) is 13.4. The Balaban J connectivity index is 1.43. The number of hydrogen-bond donors (Lipinski definition) is 0. The van der Waals surface area contributed by atoms with E-state index in [4.69, 9.17) is 16.0 Å². The van der Waals surface area contributed by atoms with E-state index < -0.39 is 5.25 Å². The van der Waals surface area contributed by atoms with Gasteiger partial charge in [-0.3, -0.25) is 9.20 Å². The fourth-order valence-electron chi connectivity index (χ4n) is 3.53. The Labute approximate surface area is 187 Å².